The third-order valence-corrected chi connectivity index (χ3v) is 2.36. The zero-order chi connectivity index (χ0) is 11.3. The summed E-state index contributed by atoms with van der Waals surface area (Å²) in [4.78, 5) is 11.4. The molecule has 0 aliphatic heterocycles. The fourth-order valence-electron chi connectivity index (χ4n) is 1.25. The highest BCUT2D eigenvalue weighted by atomic mass is 16.1. The Balaban J connectivity index is 2.28. The van der Waals surface area contributed by atoms with Crippen molar-refractivity contribution in [1.29, 1.82) is 0 Å². The van der Waals surface area contributed by atoms with Crippen LogP contribution in [0.25, 0.3) is 0 Å². The lowest BCUT2D eigenvalue weighted by molar-refractivity contribution is -0.121. The van der Waals surface area contributed by atoms with Gasteiger partial charge in [0.1, 0.15) is 0 Å². The van der Waals surface area contributed by atoms with Crippen molar-refractivity contribution >= 4 is 5.91 Å². The molecule has 1 heterocycles. The summed E-state index contributed by atoms with van der Waals surface area (Å²) in [5.41, 5.74) is 0.984. The molecule has 0 fully saturated rings. The number of carbonyl (C=O) groups excluding carboxylic acids is 1. The molecule has 0 unspecified atom stereocenters. The Morgan fingerprint density at radius 2 is 2.40 bits per heavy atom. The van der Waals surface area contributed by atoms with Gasteiger partial charge in [-0.15, -0.1) is 0 Å². The number of aromatic nitrogens is 2. The van der Waals surface area contributed by atoms with E-state index in [0.29, 0.717) is 13.0 Å². The molecular formula is C11H19N3O. The van der Waals surface area contributed by atoms with Crippen LogP contribution in [0.15, 0.2) is 12.3 Å². The summed E-state index contributed by atoms with van der Waals surface area (Å²) in [5, 5.41) is 7.15. The Labute approximate surface area is 90.7 Å². The van der Waals surface area contributed by atoms with Crippen LogP contribution in [0.1, 0.15) is 32.4 Å². The number of aryl methyl sites for hydroxylation is 2. The van der Waals surface area contributed by atoms with E-state index >= 15 is 0 Å². The number of nitrogens with zero attached hydrogens (tertiary/aromatic N) is 2. The molecule has 0 radical (unpaired) electrons. The van der Waals surface area contributed by atoms with Crippen molar-refractivity contribution in [2.75, 3.05) is 0 Å². The van der Waals surface area contributed by atoms with Crippen LogP contribution in [0.4, 0.5) is 0 Å². The standard InChI is InChI=1S/C11H19N3O/c1-4-9(2)12-11(15)6-8-14-7-5-10(3)13-14/h5,7,9H,4,6,8H2,1-3H3,(H,12,15)/t9-/m1/s1. The van der Waals surface area contributed by atoms with E-state index in [9.17, 15) is 4.79 Å². The lowest BCUT2D eigenvalue weighted by Gasteiger charge is -2.10. The molecule has 0 saturated heterocycles. The van der Waals surface area contributed by atoms with E-state index in [1.165, 1.54) is 0 Å². The lowest BCUT2D eigenvalue weighted by Crippen LogP contribution is -2.32. The van der Waals surface area contributed by atoms with Gasteiger partial charge >= 0.3 is 0 Å². The van der Waals surface area contributed by atoms with E-state index in [1.807, 2.05) is 26.1 Å². The highest BCUT2D eigenvalue weighted by molar-refractivity contribution is 5.76. The fourth-order valence-corrected chi connectivity index (χ4v) is 1.25. The molecule has 0 bridgehead atoms. The fraction of sp³-hybridized carbons (Fsp3) is 0.636. The van der Waals surface area contributed by atoms with Gasteiger partial charge in [-0.3, -0.25) is 9.48 Å². The molecule has 1 rings (SSSR count). The maximum Gasteiger partial charge on any atom is 0.222 e. The molecule has 15 heavy (non-hydrogen) atoms. The number of rotatable bonds is 5. The van der Waals surface area contributed by atoms with E-state index in [0.717, 1.165) is 12.1 Å². The molecule has 1 aromatic heterocycles. The number of hydrogen-bond acceptors (Lipinski definition) is 2. The molecule has 0 aliphatic carbocycles. The molecule has 1 atom stereocenters. The Hall–Kier alpha value is -1.32. The van der Waals surface area contributed by atoms with Crippen LogP contribution in [-0.2, 0) is 11.3 Å². The van der Waals surface area contributed by atoms with Gasteiger partial charge < -0.3 is 5.32 Å². The van der Waals surface area contributed by atoms with Gasteiger partial charge in [0.2, 0.25) is 5.91 Å². The first-order chi connectivity index (χ1) is 7.11. The normalized spacial score (nSPS) is 12.5. The molecule has 1 aromatic rings. The van der Waals surface area contributed by atoms with Crippen molar-refractivity contribution in [3.63, 3.8) is 0 Å². The van der Waals surface area contributed by atoms with Crippen LogP contribution in [-0.4, -0.2) is 21.7 Å². The first kappa shape index (κ1) is 11.8. The maximum atomic E-state index is 11.4. The number of amides is 1. The zero-order valence-electron chi connectivity index (χ0n) is 9.66. The third kappa shape index (κ3) is 4.14. The molecular weight excluding hydrogens is 190 g/mol. The van der Waals surface area contributed by atoms with Gasteiger partial charge in [-0.25, -0.2) is 0 Å². The molecule has 0 saturated carbocycles. The van der Waals surface area contributed by atoms with E-state index in [4.69, 9.17) is 0 Å². The van der Waals surface area contributed by atoms with Crippen LogP contribution >= 0.6 is 0 Å². The number of nitrogens with one attached hydrogen (secondary N) is 1. The van der Waals surface area contributed by atoms with Crippen molar-refractivity contribution in [3.8, 4) is 0 Å². The highest BCUT2D eigenvalue weighted by Crippen LogP contribution is 1.96. The monoisotopic (exact) mass is 209 g/mol. The average molecular weight is 209 g/mol. The summed E-state index contributed by atoms with van der Waals surface area (Å²) in [6, 6.07) is 2.20. The topological polar surface area (TPSA) is 46.9 Å². The Morgan fingerprint density at radius 3 is 2.93 bits per heavy atom. The highest BCUT2D eigenvalue weighted by Gasteiger charge is 2.05. The molecule has 4 nitrogen and oxygen atoms in total. The maximum absolute atomic E-state index is 11.4. The van der Waals surface area contributed by atoms with Crippen molar-refractivity contribution < 1.29 is 4.79 Å². The van der Waals surface area contributed by atoms with Gasteiger partial charge in [0.05, 0.1) is 5.69 Å². The molecule has 1 amide bonds. The molecule has 4 heteroatoms. The second-order valence-corrected chi connectivity index (χ2v) is 3.85. The van der Waals surface area contributed by atoms with E-state index < -0.39 is 0 Å². The minimum atomic E-state index is 0.0949. The summed E-state index contributed by atoms with van der Waals surface area (Å²) in [5.74, 6) is 0.0949. The van der Waals surface area contributed by atoms with Gasteiger partial charge in [0, 0.05) is 25.2 Å². The number of hydrogen-bond donors (Lipinski definition) is 1. The van der Waals surface area contributed by atoms with E-state index in [-0.39, 0.29) is 11.9 Å². The molecule has 1 N–H and O–H groups in total. The van der Waals surface area contributed by atoms with Crippen LogP contribution in [0.5, 0.6) is 0 Å². The van der Waals surface area contributed by atoms with Gasteiger partial charge in [-0.1, -0.05) is 6.92 Å². The van der Waals surface area contributed by atoms with Crippen LogP contribution < -0.4 is 5.32 Å². The van der Waals surface area contributed by atoms with Gasteiger partial charge in [-0.05, 0) is 26.3 Å². The largest absolute Gasteiger partial charge is 0.354 e. The predicted octanol–water partition coefficient (Wildman–Crippen LogP) is 1.50. The van der Waals surface area contributed by atoms with E-state index in [2.05, 4.69) is 17.3 Å². The summed E-state index contributed by atoms with van der Waals surface area (Å²) in [6.07, 6.45) is 3.35. The van der Waals surface area contributed by atoms with Crippen molar-refractivity contribution in [1.82, 2.24) is 15.1 Å². The first-order valence-corrected chi connectivity index (χ1v) is 5.41. The summed E-state index contributed by atoms with van der Waals surface area (Å²) in [7, 11) is 0. The molecule has 84 valence electrons. The summed E-state index contributed by atoms with van der Waals surface area (Å²) in [6.45, 7) is 6.66. The Kier molecular flexibility index (Phi) is 4.34. The lowest BCUT2D eigenvalue weighted by atomic mass is 10.2. The van der Waals surface area contributed by atoms with Crippen molar-refractivity contribution in [3.05, 3.63) is 18.0 Å². The smallest absolute Gasteiger partial charge is 0.222 e. The van der Waals surface area contributed by atoms with Crippen LogP contribution in [0.2, 0.25) is 0 Å². The van der Waals surface area contributed by atoms with Crippen LogP contribution in [0.3, 0.4) is 0 Å². The minimum absolute atomic E-state index is 0.0949. The predicted molar refractivity (Wildman–Crippen MR) is 59.5 cm³/mol. The summed E-state index contributed by atoms with van der Waals surface area (Å²) >= 11 is 0. The molecule has 0 spiro atoms. The number of carbonyl (C=O) groups is 1. The summed E-state index contributed by atoms with van der Waals surface area (Å²) < 4.78 is 1.80. The van der Waals surface area contributed by atoms with E-state index in [1.54, 1.807) is 4.68 Å². The molecule has 0 aromatic carbocycles. The van der Waals surface area contributed by atoms with Crippen molar-refractivity contribution in [2.24, 2.45) is 0 Å². The van der Waals surface area contributed by atoms with Gasteiger partial charge in [0.15, 0.2) is 0 Å². The Morgan fingerprint density at radius 1 is 1.67 bits per heavy atom. The third-order valence-electron chi connectivity index (χ3n) is 2.36. The van der Waals surface area contributed by atoms with Gasteiger partial charge in [0.25, 0.3) is 0 Å². The zero-order valence-corrected chi connectivity index (χ0v) is 9.66. The Bertz CT molecular complexity index is 319. The van der Waals surface area contributed by atoms with Crippen molar-refractivity contribution in [2.45, 2.75) is 46.2 Å². The van der Waals surface area contributed by atoms with Crippen LogP contribution in [0, 0.1) is 6.92 Å². The van der Waals surface area contributed by atoms with Gasteiger partial charge in [-0.2, -0.15) is 5.10 Å². The first-order valence-electron chi connectivity index (χ1n) is 5.41. The second kappa shape index (κ2) is 5.53. The quantitative estimate of drug-likeness (QED) is 0.798. The second-order valence-electron chi connectivity index (χ2n) is 3.85. The molecule has 0 aliphatic rings. The average Bonchev–Trinajstić information content (AvgIpc) is 2.61. The minimum Gasteiger partial charge on any atom is -0.354 e. The SMILES string of the molecule is CC[C@@H](C)NC(=O)CCn1ccc(C)n1.